The van der Waals surface area contributed by atoms with Gasteiger partial charge in [0.1, 0.15) is 0 Å². The minimum atomic E-state index is -3.37. The fourth-order valence-electron chi connectivity index (χ4n) is 12.7. The zero-order valence-electron chi connectivity index (χ0n) is 52.1. The molecule has 0 aliphatic heterocycles. The summed E-state index contributed by atoms with van der Waals surface area (Å²) >= 11 is 0. The fourth-order valence-corrected chi connectivity index (χ4v) is 26.5. The van der Waals surface area contributed by atoms with E-state index < -0.39 is 30.4 Å². The summed E-state index contributed by atoms with van der Waals surface area (Å²) in [5.74, 6) is 0. The molecule has 3 nitrogen and oxygen atoms in total. The molecule has 0 N–H and O–H groups in total. The average Bonchev–Trinajstić information content (AvgIpc) is 1.81. The van der Waals surface area contributed by atoms with E-state index in [1.54, 1.807) is 0 Å². The van der Waals surface area contributed by atoms with E-state index in [0.29, 0.717) is 0 Å². The van der Waals surface area contributed by atoms with Gasteiger partial charge in [0.25, 0.3) is 0 Å². The van der Waals surface area contributed by atoms with Crippen LogP contribution in [0.2, 0.25) is 0 Å². The second-order valence-electron chi connectivity index (χ2n) is 24.0. The Morgan fingerprint density at radius 3 is 0.275 bits per heavy atom. The monoisotopic (exact) mass is 1260 g/mol. The maximum Gasteiger partial charge on any atom is 0.0852 e. The third-order valence-corrected chi connectivity index (χ3v) is 28.8. The van der Waals surface area contributed by atoms with Crippen LogP contribution in [0.25, 0.3) is 0 Å². The molecule has 0 aliphatic rings. The van der Waals surface area contributed by atoms with Crippen molar-refractivity contribution in [3.63, 3.8) is 0 Å². The molecule has 0 radical (unpaired) electrons. The molecule has 458 valence electrons. The number of hydrogen-bond donors (Lipinski definition) is 0. The van der Waals surface area contributed by atoms with Crippen molar-refractivity contribution in [3.05, 3.63) is 431 Å². The van der Waals surface area contributed by atoms with E-state index >= 15 is 0 Å². The Morgan fingerprint density at radius 1 is 0.143 bits per heavy atom. The smallest absolute Gasteiger partial charge is 0.0852 e. The molecule has 0 unspecified atom stereocenters. The Balaban J connectivity index is 0.000000157. The second kappa shape index (κ2) is 36.9. The Hall–Kier alpha value is -7.76. The Kier molecular flexibility index (Phi) is 27.4. The van der Waals surface area contributed by atoms with E-state index in [0.717, 1.165) is 0 Å². The van der Waals surface area contributed by atoms with E-state index in [9.17, 15) is 0 Å². The van der Waals surface area contributed by atoms with E-state index in [2.05, 4.69) is 364 Å². The number of hydrogen-bond acceptors (Lipinski definition) is 3. The van der Waals surface area contributed by atoms with Gasteiger partial charge in [0.15, 0.2) is 0 Å². The highest BCUT2D eigenvalue weighted by Gasteiger charge is 2.41. The summed E-state index contributed by atoms with van der Waals surface area (Å²) in [5.41, 5.74) is 17.5. The molecule has 0 bridgehead atoms. The lowest BCUT2D eigenvalue weighted by Crippen LogP contribution is -2.18. The lowest BCUT2D eigenvalue weighted by molar-refractivity contribution is -0.407. The standard InChI is InChI=1S/3C28H28P.O3P/c3*1-5-13-25(14-6-1)21-29(22-26-15-7-2-8-16-26,23-27-17-9-3-10-18-27)24-28-19-11-4-12-20-28;1-4(2)3/h3*1-20H,21-24H2;/q3*+1;-3. The normalized spacial score (nSPS) is 11.2. The molecule has 0 aliphatic carbocycles. The number of rotatable bonds is 24. The van der Waals surface area contributed by atoms with Gasteiger partial charge in [-0.15, -0.1) is 0 Å². The lowest BCUT2D eigenvalue weighted by Gasteiger charge is -2.39. The van der Waals surface area contributed by atoms with Crippen molar-refractivity contribution in [2.75, 3.05) is 0 Å². The van der Waals surface area contributed by atoms with Crippen molar-refractivity contribution in [3.8, 4) is 0 Å². The molecule has 0 atom stereocenters. The molecule has 0 aromatic heterocycles. The maximum absolute atomic E-state index is 8.48. The van der Waals surface area contributed by atoms with Gasteiger partial charge in [0, 0.05) is 21.8 Å². The van der Waals surface area contributed by atoms with Crippen LogP contribution in [-0.4, -0.2) is 0 Å². The van der Waals surface area contributed by atoms with Crippen LogP contribution in [0.4, 0.5) is 0 Å². The van der Waals surface area contributed by atoms with Gasteiger partial charge in [-0.3, -0.25) is 0 Å². The highest BCUT2D eigenvalue weighted by Crippen LogP contribution is 2.71. The van der Waals surface area contributed by atoms with E-state index in [1.165, 1.54) is 141 Å². The minimum absolute atomic E-state index is 1.17. The lowest BCUT2D eigenvalue weighted by atomic mass is 10.2. The van der Waals surface area contributed by atoms with Gasteiger partial charge in [0.05, 0.1) is 73.9 Å². The summed E-state index contributed by atoms with van der Waals surface area (Å²) < 4.78 is 0. The molecule has 0 fully saturated rings. The molecular formula is C84H84O3P4. The average molecular weight is 1270 g/mol. The van der Waals surface area contributed by atoms with E-state index in [-0.39, 0.29) is 0 Å². The molecule has 0 saturated heterocycles. The molecule has 91 heavy (non-hydrogen) atoms. The first-order chi connectivity index (χ1) is 44.7. The van der Waals surface area contributed by atoms with Gasteiger partial charge in [0.2, 0.25) is 0 Å². The van der Waals surface area contributed by atoms with Crippen LogP contribution in [-0.2, 0) is 73.9 Å². The fraction of sp³-hybridized carbons (Fsp3) is 0.143. The van der Waals surface area contributed by atoms with Crippen LogP contribution in [0.15, 0.2) is 364 Å². The van der Waals surface area contributed by atoms with Crippen molar-refractivity contribution in [2.24, 2.45) is 0 Å². The highest BCUT2D eigenvalue weighted by atomic mass is 31.2. The maximum atomic E-state index is 8.48. The Morgan fingerprint density at radius 2 is 0.209 bits per heavy atom. The molecule has 0 heterocycles. The molecular weight excluding hydrogens is 1180 g/mol. The van der Waals surface area contributed by atoms with Crippen molar-refractivity contribution >= 4 is 30.4 Å². The molecule has 12 aromatic rings. The zero-order chi connectivity index (χ0) is 62.9. The molecule has 7 heteroatoms. The summed E-state index contributed by atoms with van der Waals surface area (Å²) in [6.45, 7) is 0. The van der Waals surface area contributed by atoms with Gasteiger partial charge in [-0.1, -0.05) is 364 Å². The molecule has 0 spiro atoms. The van der Waals surface area contributed by atoms with E-state index in [4.69, 9.17) is 14.7 Å². The summed E-state index contributed by atoms with van der Waals surface area (Å²) in [7, 11) is -7.52. The quantitative estimate of drug-likeness (QED) is 0.0566. The SMILES string of the molecule is [O-]P([O-])[O-].c1ccc(C[P+](Cc2ccccc2)(Cc2ccccc2)Cc2ccccc2)cc1.c1ccc(C[P+](Cc2ccccc2)(Cc2ccccc2)Cc2ccccc2)cc1.c1ccc(C[P+](Cc2ccccc2)(Cc2ccccc2)Cc2ccccc2)cc1. The van der Waals surface area contributed by atoms with Crippen molar-refractivity contribution in [1.29, 1.82) is 0 Å². The third kappa shape index (κ3) is 24.1. The topological polar surface area (TPSA) is 69.2 Å². The van der Waals surface area contributed by atoms with Crippen molar-refractivity contribution in [2.45, 2.75) is 73.9 Å². The van der Waals surface area contributed by atoms with Crippen LogP contribution in [0.1, 0.15) is 66.8 Å². The summed E-state index contributed by atoms with van der Waals surface area (Å²) in [6.07, 6.45) is 14.1. The van der Waals surface area contributed by atoms with Gasteiger partial charge < -0.3 is 23.3 Å². The molecule has 0 amide bonds. The van der Waals surface area contributed by atoms with Crippen LogP contribution in [0.3, 0.4) is 0 Å². The largest absolute Gasteiger partial charge is 0.854 e. The van der Waals surface area contributed by atoms with Crippen LogP contribution in [0, 0.1) is 0 Å². The van der Waals surface area contributed by atoms with Gasteiger partial charge in [-0.25, -0.2) is 0 Å². The van der Waals surface area contributed by atoms with Crippen LogP contribution < -0.4 is 14.7 Å². The zero-order valence-corrected chi connectivity index (χ0v) is 55.7. The van der Waals surface area contributed by atoms with Gasteiger partial charge >= 0.3 is 0 Å². The second-order valence-corrected chi connectivity index (χ2v) is 36.3. The predicted molar refractivity (Wildman–Crippen MR) is 389 cm³/mol. The molecule has 0 saturated carbocycles. The summed E-state index contributed by atoms with van der Waals surface area (Å²) in [5, 5.41) is 0. The Labute approximate surface area is 546 Å². The first-order valence-electron chi connectivity index (χ1n) is 31.5. The number of benzene rings is 12. The van der Waals surface area contributed by atoms with Gasteiger partial charge in [-0.2, -0.15) is 0 Å². The molecule has 12 rings (SSSR count). The van der Waals surface area contributed by atoms with Crippen molar-refractivity contribution < 1.29 is 14.7 Å². The first kappa shape index (κ1) is 67.6. The van der Waals surface area contributed by atoms with Crippen molar-refractivity contribution in [1.82, 2.24) is 0 Å². The molecule has 12 aromatic carbocycles. The first-order valence-corrected chi connectivity index (χ1v) is 40.2. The van der Waals surface area contributed by atoms with Crippen LogP contribution >= 0.6 is 30.4 Å². The Bertz CT molecular complexity index is 2900. The van der Waals surface area contributed by atoms with Gasteiger partial charge in [-0.05, 0) is 66.8 Å². The predicted octanol–water partition coefficient (Wildman–Crippen LogP) is 20.7. The minimum Gasteiger partial charge on any atom is -0.854 e. The van der Waals surface area contributed by atoms with Crippen LogP contribution in [0.5, 0.6) is 0 Å². The summed E-state index contributed by atoms with van der Waals surface area (Å²) in [6, 6.07) is 133. The van der Waals surface area contributed by atoms with E-state index in [1.807, 2.05) is 0 Å². The summed E-state index contributed by atoms with van der Waals surface area (Å²) in [4.78, 5) is 25.4. The third-order valence-electron chi connectivity index (χ3n) is 16.3. The highest BCUT2D eigenvalue weighted by molar-refractivity contribution is 7.73.